The van der Waals surface area contributed by atoms with Crippen LogP contribution in [0.4, 0.5) is 5.69 Å². The molecule has 2 heterocycles. The molecule has 2 aliphatic rings. The van der Waals surface area contributed by atoms with Gasteiger partial charge < -0.3 is 15.0 Å². The molecule has 1 amide bonds. The highest BCUT2D eigenvalue weighted by atomic mass is 32.2. The fourth-order valence-electron chi connectivity index (χ4n) is 3.93. The average Bonchev–Trinajstić information content (AvgIpc) is 3.31. The summed E-state index contributed by atoms with van der Waals surface area (Å²) in [5, 5.41) is 12.7. The second kappa shape index (κ2) is 10.3. The summed E-state index contributed by atoms with van der Waals surface area (Å²) in [7, 11) is -1.51. The molecule has 2 atom stereocenters. The molecule has 34 heavy (non-hydrogen) atoms. The molecule has 10 heteroatoms. The van der Waals surface area contributed by atoms with Gasteiger partial charge in [0.05, 0.1) is 30.9 Å². The van der Waals surface area contributed by atoms with Gasteiger partial charge >= 0.3 is 0 Å². The SMILES string of the molecule is COc1ccc(CCNC(=O)/C(C#N)=C/N=C2S[C@@H]3CS(=O)(=O)C[C@H]3N2c2ccccc2)cc1. The molecule has 0 spiro atoms. The highest BCUT2D eigenvalue weighted by Gasteiger charge is 2.49. The van der Waals surface area contributed by atoms with Gasteiger partial charge in [0.1, 0.15) is 17.4 Å². The number of sulfone groups is 1. The van der Waals surface area contributed by atoms with Crippen molar-refractivity contribution in [2.75, 3.05) is 30.1 Å². The summed E-state index contributed by atoms with van der Waals surface area (Å²) in [4.78, 5) is 18.8. The van der Waals surface area contributed by atoms with Gasteiger partial charge in [0.25, 0.3) is 5.91 Å². The van der Waals surface area contributed by atoms with Gasteiger partial charge in [-0.1, -0.05) is 42.1 Å². The minimum Gasteiger partial charge on any atom is -0.497 e. The predicted molar refractivity (Wildman–Crippen MR) is 134 cm³/mol. The minimum atomic E-state index is -3.11. The van der Waals surface area contributed by atoms with Crippen LogP contribution in [0, 0.1) is 11.3 Å². The van der Waals surface area contributed by atoms with Gasteiger partial charge in [0.2, 0.25) is 0 Å². The topological polar surface area (TPSA) is 112 Å². The number of rotatable bonds is 7. The molecule has 8 nitrogen and oxygen atoms in total. The molecule has 0 aromatic heterocycles. The number of nitrogens with zero attached hydrogens (tertiary/aromatic N) is 3. The summed E-state index contributed by atoms with van der Waals surface area (Å²) in [6.45, 7) is 0.369. The Labute approximate surface area is 203 Å². The van der Waals surface area contributed by atoms with E-state index < -0.39 is 15.7 Å². The van der Waals surface area contributed by atoms with E-state index in [4.69, 9.17) is 4.74 Å². The fourth-order valence-corrected chi connectivity index (χ4v) is 7.82. The molecule has 0 aliphatic carbocycles. The van der Waals surface area contributed by atoms with Crippen molar-refractivity contribution in [1.82, 2.24) is 5.32 Å². The van der Waals surface area contributed by atoms with Crippen LogP contribution in [-0.4, -0.2) is 55.9 Å². The number of thioether (sulfide) groups is 1. The summed E-state index contributed by atoms with van der Waals surface area (Å²) in [5.41, 5.74) is 1.75. The van der Waals surface area contributed by atoms with E-state index in [1.165, 1.54) is 18.0 Å². The molecule has 2 aliphatic heterocycles. The number of carbonyl (C=O) groups excluding carboxylic acids is 1. The summed E-state index contributed by atoms with van der Waals surface area (Å²) < 4.78 is 29.5. The second-order valence-corrected chi connectivity index (χ2v) is 11.3. The number of para-hydroxylation sites is 1. The predicted octanol–water partition coefficient (Wildman–Crippen LogP) is 2.54. The number of nitriles is 1. The number of nitrogens with one attached hydrogen (secondary N) is 1. The Morgan fingerprint density at radius 3 is 2.65 bits per heavy atom. The largest absolute Gasteiger partial charge is 0.497 e. The number of amides is 1. The van der Waals surface area contributed by atoms with E-state index in [2.05, 4.69) is 10.3 Å². The van der Waals surface area contributed by atoms with Gasteiger partial charge in [-0.2, -0.15) is 5.26 Å². The number of hydrogen-bond acceptors (Lipinski definition) is 7. The maximum absolute atomic E-state index is 12.5. The van der Waals surface area contributed by atoms with E-state index in [0.29, 0.717) is 18.1 Å². The van der Waals surface area contributed by atoms with Crippen molar-refractivity contribution in [3.05, 3.63) is 71.9 Å². The van der Waals surface area contributed by atoms with Crippen molar-refractivity contribution in [3.63, 3.8) is 0 Å². The lowest BCUT2D eigenvalue weighted by Crippen LogP contribution is -2.37. The van der Waals surface area contributed by atoms with Crippen LogP contribution in [0.5, 0.6) is 5.75 Å². The number of hydrogen-bond donors (Lipinski definition) is 1. The molecular weight excluding hydrogens is 472 g/mol. The Morgan fingerprint density at radius 1 is 1.24 bits per heavy atom. The zero-order valence-corrected chi connectivity index (χ0v) is 20.2. The molecule has 2 aromatic carbocycles. The van der Waals surface area contributed by atoms with Gasteiger partial charge in [0.15, 0.2) is 15.0 Å². The fraction of sp³-hybridized carbons (Fsp3) is 0.292. The quantitative estimate of drug-likeness (QED) is 0.463. The lowest BCUT2D eigenvalue weighted by Gasteiger charge is -2.24. The van der Waals surface area contributed by atoms with Gasteiger partial charge in [-0.3, -0.25) is 4.79 Å². The number of aliphatic imine (C=N–C) groups is 1. The molecule has 1 N–H and O–H groups in total. The van der Waals surface area contributed by atoms with Crippen LogP contribution >= 0.6 is 11.8 Å². The van der Waals surface area contributed by atoms with Crippen LogP contribution in [0.25, 0.3) is 0 Å². The summed E-state index contributed by atoms with van der Waals surface area (Å²) in [6, 6.07) is 18.7. The standard InChI is InChI=1S/C24H24N4O4S2/c1-32-20-9-7-17(8-10-20)11-12-26-23(29)18(13-25)14-27-24-28(19-5-3-2-4-6-19)21-15-34(30,31)16-22(21)33-24/h2-10,14,21-22H,11-12,15-16H2,1H3,(H,26,29)/b18-14+,27-24?/t21-,22-/m1/s1. The number of ether oxygens (including phenoxy) is 1. The molecule has 4 rings (SSSR count). The average molecular weight is 497 g/mol. The highest BCUT2D eigenvalue weighted by Crippen LogP contribution is 2.40. The van der Waals surface area contributed by atoms with Gasteiger partial charge in [-0.05, 0) is 36.2 Å². The van der Waals surface area contributed by atoms with Crippen LogP contribution < -0.4 is 15.0 Å². The van der Waals surface area contributed by atoms with E-state index in [1.54, 1.807) is 7.11 Å². The monoisotopic (exact) mass is 496 g/mol. The summed E-state index contributed by atoms with van der Waals surface area (Å²) in [6.07, 6.45) is 1.87. The Kier molecular flexibility index (Phi) is 7.24. The first-order valence-electron chi connectivity index (χ1n) is 10.7. The highest BCUT2D eigenvalue weighted by molar-refractivity contribution is 8.16. The van der Waals surface area contributed by atoms with E-state index in [0.717, 1.165) is 17.0 Å². The molecule has 176 valence electrons. The number of anilines is 1. The van der Waals surface area contributed by atoms with Crippen molar-refractivity contribution >= 4 is 38.4 Å². The van der Waals surface area contributed by atoms with Crippen LogP contribution in [0.1, 0.15) is 5.56 Å². The Balaban J connectivity index is 1.46. The van der Waals surface area contributed by atoms with Crippen LogP contribution in [-0.2, 0) is 21.1 Å². The van der Waals surface area contributed by atoms with E-state index in [-0.39, 0.29) is 28.4 Å². The first kappa shape index (κ1) is 23.9. The van der Waals surface area contributed by atoms with Crippen molar-refractivity contribution in [3.8, 4) is 11.8 Å². The molecule has 2 fully saturated rings. The molecule has 2 aromatic rings. The maximum Gasteiger partial charge on any atom is 0.263 e. The van der Waals surface area contributed by atoms with Crippen molar-refractivity contribution in [1.29, 1.82) is 5.26 Å². The lowest BCUT2D eigenvalue weighted by atomic mass is 10.1. The van der Waals surface area contributed by atoms with Gasteiger partial charge in [-0.25, -0.2) is 13.4 Å². The molecule has 0 radical (unpaired) electrons. The van der Waals surface area contributed by atoms with Crippen LogP contribution in [0.15, 0.2) is 71.4 Å². The summed E-state index contributed by atoms with van der Waals surface area (Å²) in [5.74, 6) is 0.403. The first-order chi connectivity index (χ1) is 16.4. The number of methoxy groups -OCH3 is 1. The zero-order chi connectivity index (χ0) is 24.1. The van der Waals surface area contributed by atoms with E-state index in [9.17, 15) is 18.5 Å². The van der Waals surface area contributed by atoms with Crippen molar-refractivity contribution < 1.29 is 17.9 Å². The molecule has 0 saturated carbocycles. The normalized spacial score (nSPS) is 22.3. The molecular formula is C24H24N4O4S2. The number of carbonyl (C=O) groups is 1. The molecule has 0 unspecified atom stereocenters. The zero-order valence-electron chi connectivity index (χ0n) is 18.5. The molecule has 0 bridgehead atoms. The van der Waals surface area contributed by atoms with Gasteiger partial charge in [0, 0.05) is 17.5 Å². The number of amidine groups is 1. The first-order valence-corrected chi connectivity index (χ1v) is 13.4. The Bertz CT molecular complexity index is 1250. The Hall–Kier alpha value is -3.29. The second-order valence-electron chi connectivity index (χ2n) is 7.93. The third-order valence-corrected chi connectivity index (χ3v) is 8.85. The van der Waals surface area contributed by atoms with Crippen LogP contribution in [0.2, 0.25) is 0 Å². The van der Waals surface area contributed by atoms with E-state index in [1.807, 2.05) is 65.6 Å². The Morgan fingerprint density at radius 2 is 1.97 bits per heavy atom. The minimum absolute atomic E-state index is 0.0548. The third kappa shape index (κ3) is 5.43. The molecule has 2 saturated heterocycles. The summed E-state index contributed by atoms with van der Waals surface area (Å²) >= 11 is 1.37. The van der Waals surface area contributed by atoms with Crippen LogP contribution in [0.3, 0.4) is 0 Å². The lowest BCUT2D eigenvalue weighted by molar-refractivity contribution is -0.117. The van der Waals surface area contributed by atoms with Gasteiger partial charge in [-0.15, -0.1) is 0 Å². The van der Waals surface area contributed by atoms with E-state index >= 15 is 0 Å². The number of fused-ring (bicyclic) bond motifs is 1. The van der Waals surface area contributed by atoms with Crippen molar-refractivity contribution in [2.45, 2.75) is 17.7 Å². The third-order valence-electron chi connectivity index (χ3n) is 5.63. The maximum atomic E-state index is 12.5. The van der Waals surface area contributed by atoms with Crippen molar-refractivity contribution in [2.24, 2.45) is 4.99 Å². The smallest absolute Gasteiger partial charge is 0.263 e. The number of benzene rings is 2.